The molecule has 0 spiro atoms. The molecule has 0 fully saturated rings. The molecule has 0 saturated carbocycles. The van der Waals surface area contributed by atoms with Crippen LogP contribution in [0, 0.1) is 0 Å². The van der Waals surface area contributed by atoms with Gasteiger partial charge >= 0.3 is 5.69 Å². The lowest BCUT2D eigenvalue weighted by molar-refractivity contribution is 0.637. The summed E-state index contributed by atoms with van der Waals surface area (Å²) in [5.74, 6) is 0. The maximum absolute atomic E-state index is 11.8. The smallest absolute Gasteiger partial charge is 0.326 e. The van der Waals surface area contributed by atoms with Crippen LogP contribution in [0.1, 0.15) is 25.0 Å². The van der Waals surface area contributed by atoms with Gasteiger partial charge in [0.1, 0.15) is 0 Å². The van der Waals surface area contributed by atoms with Crippen LogP contribution in [0.2, 0.25) is 0 Å². The van der Waals surface area contributed by atoms with Crippen molar-refractivity contribution in [2.45, 2.75) is 32.2 Å². The zero-order valence-electron chi connectivity index (χ0n) is 8.88. The van der Waals surface area contributed by atoms with Crippen LogP contribution in [0.25, 0.3) is 10.9 Å². The number of aromatic nitrogens is 3. The van der Waals surface area contributed by atoms with Crippen LogP contribution in [-0.2, 0) is 13.0 Å². The van der Waals surface area contributed by atoms with E-state index >= 15 is 0 Å². The van der Waals surface area contributed by atoms with Gasteiger partial charge in [-0.05, 0) is 19.3 Å². The fourth-order valence-corrected chi connectivity index (χ4v) is 2.48. The van der Waals surface area contributed by atoms with Crippen molar-refractivity contribution in [3.8, 4) is 0 Å². The molecule has 2 aromatic heterocycles. The molecule has 0 saturated heterocycles. The standard InChI is InChI=1S/C11H13N3O2/c15-10-9-7(12-11(16)13-10)6-14-5-3-1-2-4-8(9)14/h6H,1-5H2,(H2,12,13,15,16). The van der Waals surface area contributed by atoms with Crippen molar-refractivity contribution >= 4 is 10.9 Å². The van der Waals surface area contributed by atoms with Crippen LogP contribution in [0.15, 0.2) is 15.8 Å². The summed E-state index contributed by atoms with van der Waals surface area (Å²) in [6.07, 6.45) is 6.24. The van der Waals surface area contributed by atoms with Crippen molar-refractivity contribution in [3.05, 3.63) is 32.7 Å². The van der Waals surface area contributed by atoms with E-state index in [9.17, 15) is 9.59 Å². The van der Waals surface area contributed by atoms with Crippen molar-refractivity contribution in [3.63, 3.8) is 0 Å². The summed E-state index contributed by atoms with van der Waals surface area (Å²) in [6.45, 7) is 0.936. The van der Waals surface area contributed by atoms with E-state index in [1.54, 1.807) is 0 Å². The first-order chi connectivity index (χ1) is 7.75. The van der Waals surface area contributed by atoms with E-state index < -0.39 is 5.69 Å². The molecule has 16 heavy (non-hydrogen) atoms. The maximum atomic E-state index is 11.8. The first-order valence-electron chi connectivity index (χ1n) is 5.60. The van der Waals surface area contributed by atoms with Gasteiger partial charge in [-0.3, -0.25) is 9.78 Å². The van der Waals surface area contributed by atoms with Crippen molar-refractivity contribution in [1.82, 2.24) is 14.5 Å². The lowest BCUT2D eigenvalue weighted by Gasteiger charge is -2.01. The third-order valence-electron chi connectivity index (χ3n) is 3.20. The van der Waals surface area contributed by atoms with E-state index in [1.807, 2.05) is 6.20 Å². The zero-order chi connectivity index (χ0) is 11.1. The predicted octanol–water partition coefficient (Wildman–Crippen LogP) is 0.744. The van der Waals surface area contributed by atoms with Crippen molar-refractivity contribution < 1.29 is 0 Å². The maximum Gasteiger partial charge on any atom is 0.326 e. The Labute approximate surface area is 91.1 Å². The highest BCUT2D eigenvalue weighted by atomic mass is 16.2. The number of nitrogens with one attached hydrogen (secondary N) is 2. The average Bonchev–Trinajstić information content (AvgIpc) is 2.42. The van der Waals surface area contributed by atoms with Gasteiger partial charge < -0.3 is 9.55 Å². The summed E-state index contributed by atoms with van der Waals surface area (Å²) in [6, 6.07) is 0. The third kappa shape index (κ3) is 1.31. The molecular weight excluding hydrogens is 206 g/mol. The molecule has 5 nitrogen and oxygen atoms in total. The highest BCUT2D eigenvalue weighted by molar-refractivity contribution is 5.80. The molecule has 5 heteroatoms. The van der Waals surface area contributed by atoms with Crippen LogP contribution in [0.4, 0.5) is 0 Å². The Balaban J connectivity index is 2.38. The molecule has 0 aromatic carbocycles. The summed E-state index contributed by atoms with van der Waals surface area (Å²) in [5, 5.41) is 0.654. The second-order valence-corrected chi connectivity index (χ2v) is 4.28. The summed E-state index contributed by atoms with van der Waals surface area (Å²) < 4.78 is 2.10. The Morgan fingerprint density at radius 3 is 2.88 bits per heavy atom. The van der Waals surface area contributed by atoms with Crippen molar-refractivity contribution in [2.75, 3.05) is 0 Å². The molecule has 1 aliphatic rings. The topological polar surface area (TPSA) is 70.7 Å². The van der Waals surface area contributed by atoms with Gasteiger partial charge in [-0.1, -0.05) is 6.42 Å². The minimum atomic E-state index is -0.432. The molecule has 3 rings (SSSR count). The first kappa shape index (κ1) is 9.45. The minimum absolute atomic E-state index is 0.269. The van der Waals surface area contributed by atoms with E-state index in [2.05, 4.69) is 14.5 Å². The Kier molecular flexibility index (Phi) is 1.99. The Hall–Kier alpha value is -1.78. The molecule has 3 heterocycles. The minimum Gasteiger partial charge on any atom is -0.348 e. The molecule has 0 atom stereocenters. The van der Waals surface area contributed by atoms with E-state index in [4.69, 9.17) is 0 Å². The van der Waals surface area contributed by atoms with Crippen LogP contribution in [-0.4, -0.2) is 14.5 Å². The fourth-order valence-electron chi connectivity index (χ4n) is 2.48. The van der Waals surface area contributed by atoms with Gasteiger partial charge in [0.2, 0.25) is 0 Å². The lowest BCUT2D eigenvalue weighted by atomic mass is 10.1. The summed E-state index contributed by atoms with van der Waals surface area (Å²) in [5.41, 5.74) is 1.02. The first-order valence-corrected chi connectivity index (χ1v) is 5.60. The number of nitrogens with zero attached hydrogens (tertiary/aromatic N) is 1. The Bertz CT molecular complexity index is 647. The van der Waals surface area contributed by atoms with Crippen molar-refractivity contribution in [1.29, 1.82) is 0 Å². The third-order valence-corrected chi connectivity index (χ3v) is 3.20. The number of fused-ring (bicyclic) bond motifs is 3. The number of rotatable bonds is 0. The quantitative estimate of drug-likeness (QED) is 0.686. The van der Waals surface area contributed by atoms with Crippen LogP contribution >= 0.6 is 0 Å². The molecule has 2 aromatic rings. The Morgan fingerprint density at radius 1 is 1.12 bits per heavy atom. The highest BCUT2D eigenvalue weighted by Crippen LogP contribution is 2.21. The van der Waals surface area contributed by atoms with E-state index in [0.29, 0.717) is 10.9 Å². The number of aromatic amines is 2. The van der Waals surface area contributed by atoms with Crippen LogP contribution in [0.3, 0.4) is 0 Å². The zero-order valence-corrected chi connectivity index (χ0v) is 8.88. The molecule has 1 aliphatic heterocycles. The molecule has 0 bridgehead atoms. The predicted molar refractivity (Wildman–Crippen MR) is 60.7 cm³/mol. The van der Waals surface area contributed by atoms with E-state index in [1.165, 1.54) is 6.42 Å². The number of H-pyrrole nitrogens is 2. The molecule has 84 valence electrons. The van der Waals surface area contributed by atoms with Gasteiger partial charge in [0.05, 0.1) is 10.9 Å². The molecule has 0 aliphatic carbocycles. The van der Waals surface area contributed by atoms with Gasteiger partial charge in [0.25, 0.3) is 5.56 Å². The second-order valence-electron chi connectivity index (χ2n) is 4.28. The van der Waals surface area contributed by atoms with E-state index in [0.717, 1.165) is 31.5 Å². The number of hydrogen-bond acceptors (Lipinski definition) is 2. The van der Waals surface area contributed by atoms with E-state index in [-0.39, 0.29) is 5.56 Å². The van der Waals surface area contributed by atoms with Crippen molar-refractivity contribution in [2.24, 2.45) is 0 Å². The monoisotopic (exact) mass is 219 g/mol. The molecule has 0 unspecified atom stereocenters. The SMILES string of the molecule is O=c1[nH]c(=O)c2c3n(cc2[nH]1)CCCCC3. The van der Waals surface area contributed by atoms with Gasteiger partial charge in [0, 0.05) is 18.4 Å². The summed E-state index contributed by atoms with van der Waals surface area (Å²) in [7, 11) is 0. The normalized spacial score (nSPS) is 16.0. The van der Waals surface area contributed by atoms with Crippen LogP contribution < -0.4 is 11.2 Å². The molecule has 2 N–H and O–H groups in total. The van der Waals surface area contributed by atoms with Gasteiger partial charge in [-0.2, -0.15) is 0 Å². The van der Waals surface area contributed by atoms with Gasteiger partial charge in [-0.15, -0.1) is 0 Å². The van der Waals surface area contributed by atoms with Gasteiger partial charge in [-0.25, -0.2) is 4.79 Å². The highest BCUT2D eigenvalue weighted by Gasteiger charge is 2.15. The van der Waals surface area contributed by atoms with Crippen LogP contribution in [0.5, 0.6) is 0 Å². The molecular formula is C11H13N3O2. The van der Waals surface area contributed by atoms with Gasteiger partial charge in [0.15, 0.2) is 0 Å². The largest absolute Gasteiger partial charge is 0.348 e. The Morgan fingerprint density at radius 2 is 2.00 bits per heavy atom. The molecule has 0 amide bonds. The fraction of sp³-hybridized carbons (Fsp3) is 0.455. The number of aryl methyl sites for hydroxylation is 2. The average molecular weight is 219 g/mol. The lowest BCUT2D eigenvalue weighted by Crippen LogP contribution is -2.21. The molecule has 0 radical (unpaired) electrons. The second kappa shape index (κ2) is 3.37. The number of hydrogen-bond donors (Lipinski definition) is 2. The summed E-state index contributed by atoms with van der Waals surface area (Å²) >= 11 is 0. The summed E-state index contributed by atoms with van der Waals surface area (Å²) in [4.78, 5) is 27.9.